The Labute approximate surface area is 136 Å². The van der Waals surface area contributed by atoms with E-state index in [1.807, 2.05) is 19.1 Å². The van der Waals surface area contributed by atoms with Crippen molar-refractivity contribution < 1.29 is 9.18 Å². The molecule has 0 bridgehead atoms. The third-order valence-electron chi connectivity index (χ3n) is 3.65. The van der Waals surface area contributed by atoms with E-state index < -0.39 is 0 Å². The topological polar surface area (TPSA) is 41.1 Å². The zero-order valence-corrected chi connectivity index (χ0v) is 13.6. The molecule has 0 saturated carbocycles. The molecule has 23 heavy (non-hydrogen) atoms. The van der Waals surface area contributed by atoms with Crippen LogP contribution in [0.3, 0.4) is 0 Å². The summed E-state index contributed by atoms with van der Waals surface area (Å²) in [7, 11) is 0. The van der Waals surface area contributed by atoms with Crippen LogP contribution in [-0.2, 0) is 17.8 Å². The van der Waals surface area contributed by atoms with Crippen LogP contribution in [0, 0.1) is 5.82 Å². The Kier molecular flexibility index (Phi) is 6.15. The first kappa shape index (κ1) is 17.0. The number of carbonyl (C=O) groups is 1. The maximum Gasteiger partial charge on any atom is 0.242 e. The Bertz CT molecular complexity index is 623. The van der Waals surface area contributed by atoms with Gasteiger partial charge in [-0.2, -0.15) is 0 Å². The molecule has 2 N–H and O–H groups in total. The molecule has 1 amide bonds. The van der Waals surface area contributed by atoms with E-state index in [0.29, 0.717) is 6.54 Å². The van der Waals surface area contributed by atoms with Crippen molar-refractivity contribution in [1.29, 1.82) is 0 Å². The molecule has 2 rings (SSSR count). The van der Waals surface area contributed by atoms with Crippen molar-refractivity contribution in [3.63, 3.8) is 0 Å². The molecule has 3 nitrogen and oxygen atoms in total. The van der Waals surface area contributed by atoms with Crippen LogP contribution >= 0.6 is 0 Å². The highest BCUT2D eigenvalue weighted by atomic mass is 19.1. The molecule has 0 aliphatic carbocycles. The van der Waals surface area contributed by atoms with Gasteiger partial charge in [0.1, 0.15) is 11.9 Å². The predicted octanol–water partition coefficient (Wildman–Crippen LogP) is 3.90. The van der Waals surface area contributed by atoms with Gasteiger partial charge in [-0.15, -0.1) is 0 Å². The number of amides is 1. The molecule has 122 valence electrons. The molecule has 2 aromatic carbocycles. The number of hydrogen-bond donors (Lipinski definition) is 2. The Morgan fingerprint density at radius 1 is 1.04 bits per heavy atom. The second-order valence-electron chi connectivity index (χ2n) is 5.66. The third kappa shape index (κ3) is 5.40. The molecule has 0 fully saturated rings. The van der Waals surface area contributed by atoms with Crippen molar-refractivity contribution in [2.45, 2.75) is 39.3 Å². The quantitative estimate of drug-likeness (QED) is 0.814. The zero-order valence-electron chi connectivity index (χ0n) is 13.6. The predicted molar refractivity (Wildman–Crippen MR) is 91.8 cm³/mol. The summed E-state index contributed by atoms with van der Waals surface area (Å²) in [5.41, 5.74) is 3.09. The van der Waals surface area contributed by atoms with Crippen LogP contribution in [0.15, 0.2) is 48.5 Å². The molecular formula is C19H23FN2O. The van der Waals surface area contributed by atoms with Gasteiger partial charge in [0, 0.05) is 12.2 Å². The minimum atomic E-state index is -0.340. The van der Waals surface area contributed by atoms with Crippen molar-refractivity contribution in [1.82, 2.24) is 5.32 Å². The second kappa shape index (κ2) is 8.32. The van der Waals surface area contributed by atoms with E-state index in [4.69, 9.17) is 0 Å². The lowest BCUT2D eigenvalue weighted by atomic mass is 10.1. The molecule has 0 aromatic heterocycles. The van der Waals surface area contributed by atoms with Crippen LogP contribution < -0.4 is 10.6 Å². The molecule has 0 aliphatic rings. The van der Waals surface area contributed by atoms with Crippen molar-refractivity contribution >= 4 is 11.6 Å². The highest BCUT2D eigenvalue weighted by molar-refractivity contribution is 5.84. The largest absolute Gasteiger partial charge is 0.374 e. The Balaban J connectivity index is 1.83. The maximum absolute atomic E-state index is 12.8. The van der Waals surface area contributed by atoms with E-state index in [1.54, 1.807) is 12.1 Å². The fourth-order valence-electron chi connectivity index (χ4n) is 2.32. The van der Waals surface area contributed by atoms with E-state index in [0.717, 1.165) is 24.1 Å². The van der Waals surface area contributed by atoms with Crippen molar-refractivity contribution in [2.75, 3.05) is 5.32 Å². The SMILES string of the molecule is CCCc1ccc(NC(C)C(=O)NCc2ccc(F)cc2)cc1. The molecule has 1 atom stereocenters. The lowest BCUT2D eigenvalue weighted by molar-refractivity contribution is -0.121. The number of rotatable bonds is 7. The molecule has 0 heterocycles. The second-order valence-corrected chi connectivity index (χ2v) is 5.66. The monoisotopic (exact) mass is 314 g/mol. The Morgan fingerprint density at radius 2 is 1.65 bits per heavy atom. The first-order valence-electron chi connectivity index (χ1n) is 7.96. The highest BCUT2D eigenvalue weighted by Gasteiger charge is 2.12. The summed E-state index contributed by atoms with van der Waals surface area (Å²) >= 11 is 0. The number of carbonyl (C=O) groups excluding carboxylic acids is 1. The van der Waals surface area contributed by atoms with Gasteiger partial charge in [-0.1, -0.05) is 37.6 Å². The molecule has 0 aliphatic heterocycles. The summed E-state index contributed by atoms with van der Waals surface area (Å²) in [4.78, 5) is 12.1. The van der Waals surface area contributed by atoms with Gasteiger partial charge in [0.05, 0.1) is 0 Å². The van der Waals surface area contributed by atoms with Crippen molar-refractivity contribution in [3.8, 4) is 0 Å². The molecular weight excluding hydrogens is 291 g/mol. The zero-order chi connectivity index (χ0) is 16.7. The normalized spacial score (nSPS) is 11.8. The summed E-state index contributed by atoms with van der Waals surface area (Å²) in [6.07, 6.45) is 2.18. The van der Waals surface area contributed by atoms with Crippen molar-refractivity contribution in [3.05, 3.63) is 65.5 Å². The van der Waals surface area contributed by atoms with E-state index in [1.165, 1.54) is 17.7 Å². The minimum Gasteiger partial charge on any atom is -0.374 e. The number of benzene rings is 2. The summed E-state index contributed by atoms with van der Waals surface area (Å²) in [5, 5.41) is 6.03. The van der Waals surface area contributed by atoms with E-state index in [2.05, 4.69) is 29.7 Å². The van der Waals surface area contributed by atoms with Gasteiger partial charge in [-0.25, -0.2) is 4.39 Å². The number of hydrogen-bond acceptors (Lipinski definition) is 2. The number of nitrogens with one attached hydrogen (secondary N) is 2. The van der Waals surface area contributed by atoms with Crippen LogP contribution in [0.5, 0.6) is 0 Å². The van der Waals surface area contributed by atoms with Crippen LogP contribution in [0.2, 0.25) is 0 Å². The molecule has 4 heteroatoms. The fraction of sp³-hybridized carbons (Fsp3) is 0.316. The first-order chi connectivity index (χ1) is 11.1. The standard InChI is InChI=1S/C19H23FN2O/c1-3-4-15-7-11-18(12-8-15)22-14(2)19(23)21-13-16-5-9-17(20)10-6-16/h5-12,14,22H,3-4,13H2,1-2H3,(H,21,23). The Morgan fingerprint density at radius 3 is 2.26 bits per heavy atom. The summed E-state index contributed by atoms with van der Waals surface area (Å²) in [6.45, 7) is 4.36. The number of halogens is 1. The van der Waals surface area contributed by atoms with Crippen LogP contribution in [0.1, 0.15) is 31.4 Å². The van der Waals surface area contributed by atoms with Gasteiger partial charge >= 0.3 is 0 Å². The maximum atomic E-state index is 12.8. The lowest BCUT2D eigenvalue weighted by Gasteiger charge is -2.15. The van der Waals surface area contributed by atoms with Gasteiger partial charge in [0.25, 0.3) is 0 Å². The van der Waals surface area contributed by atoms with E-state index in [-0.39, 0.29) is 17.8 Å². The van der Waals surface area contributed by atoms with Gasteiger partial charge in [0.15, 0.2) is 0 Å². The van der Waals surface area contributed by atoms with E-state index in [9.17, 15) is 9.18 Å². The summed E-state index contributed by atoms with van der Waals surface area (Å²) < 4.78 is 12.8. The van der Waals surface area contributed by atoms with Gasteiger partial charge in [-0.05, 0) is 48.7 Å². The third-order valence-corrected chi connectivity index (χ3v) is 3.65. The summed E-state index contributed by atoms with van der Waals surface area (Å²) in [6, 6.07) is 13.9. The average molecular weight is 314 g/mol. The number of anilines is 1. The highest BCUT2D eigenvalue weighted by Crippen LogP contribution is 2.12. The molecule has 1 unspecified atom stereocenters. The average Bonchev–Trinajstić information content (AvgIpc) is 2.56. The summed E-state index contributed by atoms with van der Waals surface area (Å²) in [5.74, 6) is -0.367. The number of aryl methyl sites for hydroxylation is 1. The fourth-order valence-corrected chi connectivity index (χ4v) is 2.32. The van der Waals surface area contributed by atoms with Gasteiger partial charge in [0.2, 0.25) is 5.91 Å². The molecule has 0 saturated heterocycles. The molecule has 0 spiro atoms. The van der Waals surface area contributed by atoms with Crippen LogP contribution in [0.25, 0.3) is 0 Å². The van der Waals surface area contributed by atoms with Crippen LogP contribution in [-0.4, -0.2) is 11.9 Å². The Hall–Kier alpha value is -2.36. The molecule has 2 aromatic rings. The van der Waals surface area contributed by atoms with Crippen molar-refractivity contribution in [2.24, 2.45) is 0 Å². The molecule has 0 radical (unpaired) electrons. The van der Waals surface area contributed by atoms with E-state index >= 15 is 0 Å². The van der Waals surface area contributed by atoms with Crippen LogP contribution in [0.4, 0.5) is 10.1 Å². The lowest BCUT2D eigenvalue weighted by Crippen LogP contribution is -2.37. The first-order valence-corrected chi connectivity index (χ1v) is 7.96. The minimum absolute atomic E-state index is 0.0908. The van der Waals surface area contributed by atoms with Gasteiger partial charge < -0.3 is 10.6 Å². The van der Waals surface area contributed by atoms with Gasteiger partial charge in [-0.3, -0.25) is 4.79 Å². The smallest absolute Gasteiger partial charge is 0.242 e.